The van der Waals surface area contributed by atoms with Crippen molar-refractivity contribution >= 4 is 30.5 Å². The molecule has 0 bridgehead atoms. The number of alkyl carbamates (subject to hydrolysis) is 1. The Balaban J connectivity index is 3.40. The summed E-state index contributed by atoms with van der Waals surface area (Å²) in [6.45, 7) is 11.1. The molecule has 2 N–H and O–H groups in total. The fourth-order valence-electron chi connectivity index (χ4n) is 3.12. The molecule has 1 aromatic rings. The second kappa shape index (κ2) is 12.4. The van der Waals surface area contributed by atoms with Crippen LogP contribution in [0.15, 0.2) is 24.3 Å². The highest BCUT2D eigenvalue weighted by Gasteiger charge is 2.36. The number of benzene rings is 1. The van der Waals surface area contributed by atoms with Crippen LogP contribution in [0.2, 0.25) is 0 Å². The number of nitrogens with zero attached hydrogens (tertiary/aromatic N) is 1. The Labute approximate surface area is 197 Å². The molecule has 32 heavy (non-hydrogen) atoms. The zero-order valence-electron chi connectivity index (χ0n) is 19.8. The lowest BCUT2D eigenvalue weighted by Gasteiger charge is -2.34. The van der Waals surface area contributed by atoms with Gasteiger partial charge in [-0.15, -0.1) is 6.42 Å². The lowest BCUT2D eigenvalue weighted by atomic mass is 9.97. The van der Waals surface area contributed by atoms with E-state index in [4.69, 9.17) is 11.2 Å². The largest absolute Gasteiger partial charge is 0.444 e. The lowest BCUT2D eigenvalue weighted by Crippen LogP contribution is -2.54. The predicted octanol–water partition coefficient (Wildman–Crippen LogP) is 3.30. The zero-order valence-corrected chi connectivity index (χ0v) is 20.7. The quantitative estimate of drug-likeness (QED) is 0.389. The van der Waals surface area contributed by atoms with Gasteiger partial charge in [-0.05, 0) is 52.7 Å². The number of rotatable bonds is 9. The van der Waals surface area contributed by atoms with Crippen molar-refractivity contribution in [2.45, 2.75) is 71.7 Å². The number of hydrogen-bond donors (Lipinski definition) is 3. The fourth-order valence-corrected chi connectivity index (χ4v) is 3.37. The maximum absolute atomic E-state index is 13.5. The first kappa shape index (κ1) is 27.4. The normalized spacial score (nSPS) is 13.0. The minimum Gasteiger partial charge on any atom is -0.444 e. The van der Waals surface area contributed by atoms with Crippen LogP contribution >= 0.6 is 12.6 Å². The molecule has 0 radical (unpaired) electrons. The van der Waals surface area contributed by atoms with Gasteiger partial charge in [0.2, 0.25) is 11.8 Å². The summed E-state index contributed by atoms with van der Waals surface area (Å²) in [5.74, 6) is 1.85. The first-order chi connectivity index (χ1) is 14.9. The van der Waals surface area contributed by atoms with Crippen LogP contribution in [0, 0.1) is 12.3 Å². The van der Waals surface area contributed by atoms with Gasteiger partial charge >= 0.3 is 6.09 Å². The van der Waals surface area contributed by atoms with E-state index in [0.717, 1.165) is 0 Å². The molecule has 0 spiro atoms. The van der Waals surface area contributed by atoms with Crippen LogP contribution in [-0.2, 0) is 14.3 Å². The van der Waals surface area contributed by atoms with Crippen molar-refractivity contribution in [2.75, 3.05) is 12.3 Å². The van der Waals surface area contributed by atoms with Gasteiger partial charge in [-0.2, -0.15) is 12.6 Å². The number of nitrogens with one attached hydrogen (secondary N) is 2. The second-order valence-electron chi connectivity index (χ2n) is 8.71. The molecule has 0 aromatic heterocycles. The zero-order chi connectivity index (χ0) is 24.5. The summed E-state index contributed by atoms with van der Waals surface area (Å²) in [7, 11) is 0. The van der Waals surface area contributed by atoms with Crippen molar-refractivity contribution in [3.8, 4) is 12.3 Å². The van der Waals surface area contributed by atoms with Gasteiger partial charge in [0.15, 0.2) is 0 Å². The molecule has 8 heteroatoms. The molecule has 1 aromatic carbocycles. The smallest absolute Gasteiger partial charge is 0.408 e. The van der Waals surface area contributed by atoms with Gasteiger partial charge in [-0.3, -0.25) is 9.59 Å². The van der Waals surface area contributed by atoms with E-state index >= 15 is 0 Å². The summed E-state index contributed by atoms with van der Waals surface area (Å²) in [5.41, 5.74) is 0.348. The molecule has 0 aliphatic heterocycles. The number of hydrogen-bond acceptors (Lipinski definition) is 5. The Bertz CT molecular complexity index is 842. The van der Waals surface area contributed by atoms with Crippen LogP contribution in [0.3, 0.4) is 0 Å². The predicted molar refractivity (Wildman–Crippen MR) is 129 cm³/mol. The highest BCUT2D eigenvalue weighted by atomic mass is 32.1. The summed E-state index contributed by atoms with van der Waals surface area (Å²) >= 11 is 4.25. The molecular weight excluding hydrogens is 426 g/mol. The highest BCUT2D eigenvalue weighted by Crippen LogP contribution is 2.26. The van der Waals surface area contributed by atoms with E-state index in [-0.39, 0.29) is 24.2 Å². The van der Waals surface area contributed by atoms with Crippen molar-refractivity contribution in [3.63, 3.8) is 0 Å². The molecule has 1 rings (SSSR count). The Morgan fingerprint density at radius 1 is 1.19 bits per heavy atom. The Morgan fingerprint density at radius 2 is 1.81 bits per heavy atom. The van der Waals surface area contributed by atoms with E-state index in [0.29, 0.717) is 17.5 Å². The summed E-state index contributed by atoms with van der Waals surface area (Å²) in [6, 6.07) is 4.95. The lowest BCUT2D eigenvalue weighted by molar-refractivity contribution is -0.142. The van der Waals surface area contributed by atoms with E-state index in [1.54, 1.807) is 45.0 Å². The molecule has 0 fully saturated rings. The number of amides is 3. The molecule has 176 valence electrons. The van der Waals surface area contributed by atoms with Gasteiger partial charge in [-0.25, -0.2) is 4.79 Å². The molecule has 3 amide bonds. The average Bonchev–Trinajstić information content (AvgIpc) is 2.69. The standard InChI is InChI=1S/C24H35N3O4S/c1-8-14-27(22(29)19(15-32)26-23(30)31-24(5,6)7)20(21(28)25-16(3)4)18-13-11-10-12-17(18)9-2/h2,10-13,16,19-20,32H,8,14-15H2,1,3-7H3,(H,25,28)(H,26,30). The van der Waals surface area contributed by atoms with Gasteiger partial charge in [0.1, 0.15) is 17.7 Å². The van der Waals surface area contributed by atoms with Crippen LogP contribution in [0.1, 0.15) is 65.1 Å². The monoisotopic (exact) mass is 461 g/mol. The average molecular weight is 462 g/mol. The Kier molecular flexibility index (Phi) is 10.6. The summed E-state index contributed by atoms with van der Waals surface area (Å²) in [4.78, 5) is 40.5. The van der Waals surface area contributed by atoms with Gasteiger partial charge in [0, 0.05) is 23.9 Å². The maximum Gasteiger partial charge on any atom is 0.408 e. The van der Waals surface area contributed by atoms with Crippen molar-refractivity contribution in [3.05, 3.63) is 35.4 Å². The van der Waals surface area contributed by atoms with Crippen LogP contribution in [-0.4, -0.2) is 52.8 Å². The number of thiol groups is 1. The number of carbonyl (C=O) groups excluding carboxylic acids is 3. The first-order valence-electron chi connectivity index (χ1n) is 10.7. The third-order valence-electron chi connectivity index (χ3n) is 4.32. The molecule has 2 atom stereocenters. The van der Waals surface area contributed by atoms with Crippen molar-refractivity contribution in [2.24, 2.45) is 0 Å². The van der Waals surface area contributed by atoms with Gasteiger partial charge in [-0.1, -0.05) is 31.0 Å². The van der Waals surface area contributed by atoms with Crippen LogP contribution in [0.25, 0.3) is 0 Å². The van der Waals surface area contributed by atoms with Gasteiger partial charge in [0.05, 0.1) is 0 Å². The number of carbonyl (C=O) groups is 3. The fraction of sp³-hybridized carbons (Fsp3) is 0.542. The van der Waals surface area contributed by atoms with E-state index in [1.807, 2.05) is 20.8 Å². The number of terminal acetylenes is 1. The Morgan fingerprint density at radius 3 is 2.31 bits per heavy atom. The summed E-state index contributed by atoms with van der Waals surface area (Å²) < 4.78 is 5.28. The third kappa shape index (κ3) is 8.12. The molecular formula is C24H35N3O4S. The minimum absolute atomic E-state index is 0.0353. The van der Waals surface area contributed by atoms with Gasteiger partial charge in [0.25, 0.3) is 0 Å². The third-order valence-corrected chi connectivity index (χ3v) is 4.69. The SMILES string of the molecule is C#Cc1ccccc1C(C(=O)NC(C)C)N(CCC)C(=O)C(CS)NC(=O)OC(C)(C)C. The molecule has 0 aliphatic carbocycles. The maximum atomic E-state index is 13.5. The van der Waals surface area contributed by atoms with E-state index in [1.165, 1.54) is 4.90 Å². The van der Waals surface area contributed by atoms with Crippen molar-refractivity contribution < 1.29 is 19.1 Å². The van der Waals surface area contributed by atoms with Crippen LogP contribution in [0.5, 0.6) is 0 Å². The van der Waals surface area contributed by atoms with Crippen LogP contribution in [0.4, 0.5) is 4.79 Å². The van der Waals surface area contributed by atoms with Crippen LogP contribution < -0.4 is 10.6 Å². The molecule has 0 saturated heterocycles. The molecule has 0 aliphatic rings. The Hall–Kier alpha value is -2.66. The number of ether oxygens (including phenoxy) is 1. The summed E-state index contributed by atoms with van der Waals surface area (Å²) in [6.07, 6.45) is 5.55. The van der Waals surface area contributed by atoms with E-state index < -0.39 is 29.7 Å². The van der Waals surface area contributed by atoms with E-state index in [9.17, 15) is 14.4 Å². The topological polar surface area (TPSA) is 87.7 Å². The molecule has 0 saturated carbocycles. The first-order valence-corrected chi connectivity index (χ1v) is 11.3. The van der Waals surface area contributed by atoms with Crippen molar-refractivity contribution in [1.82, 2.24) is 15.5 Å². The van der Waals surface area contributed by atoms with Gasteiger partial charge < -0.3 is 20.3 Å². The molecule has 2 unspecified atom stereocenters. The molecule has 7 nitrogen and oxygen atoms in total. The highest BCUT2D eigenvalue weighted by molar-refractivity contribution is 7.80. The van der Waals surface area contributed by atoms with E-state index in [2.05, 4.69) is 29.2 Å². The molecule has 0 heterocycles. The second-order valence-corrected chi connectivity index (χ2v) is 9.08. The summed E-state index contributed by atoms with van der Waals surface area (Å²) in [5, 5.41) is 5.46. The van der Waals surface area contributed by atoms with Crippen molar-refractivity contribution in [1.29, 1.82) is 0 Å². The minimum atomic E-state index is -0.980.